The molecule has 1 saturated heterocycles. The number of nitrogens with zero attached hydrogens (tertiary/aromatic N) is 3. The summed E-state index contributed by atoms with van der Waals surface area (Å²) in [4.78, 5) is 6.58. The van der Waals surface area contributed by atoms with E-state index in [-0.39, 0.29) is 17.9 Å². The minimum atomic E-state index is -0.264. The van der Waals surface area contributed by atoms with Gasteiger partial charge in [0.25, 0.3) is 0 Å². The molecule has 0 spiro atoms. The van der Waals surface area contributed by atoms with Gasteiger partial charge in [0.1, 0.15) is 11.9 Å². The van der Waals surface area contributed by atoms with E-state index in [4.69, 9.17) is 12.2 Å². The van der Waals surface area contributed by atoms with Crippen molar-refractivity contribution in [2.75, 3.05) is 4.90 Å². The fourth-order valence-electron chi connectivity index (χ4n) is 3.47. The maximum atomic E-state index is 13.4. The number of rotatable bonds is 3. The highest BCUT2D eigenvalue weighted by Gasteiger charge is 2.41. The van der Waals surface area contributed by atoms with Crippen LogP contribution in [-0.4, -0.2) is 14.7 Å². The van der Waals surface area contributed by atoms with Crippen molar-refractivity contribution in [2.45, 2.75) is 19.0 Å². The smallest absolute Gasteiger partial charge is 0.174 e. The molecule has 3 heterocycles. The van der Waals surface area contributed by atoms with Gasteiger partial charge in [-0.2, -0.15) is 0 Å². The second-order valence-corrected chi connectivity index (χ2v) is 6.82. The number of anilines is 1. The topological polar surface area (TPSA) is 33.1 Å². The van der Waals surface area contributed by atoms with E-state index in [1.807, 2.05) is 30.1 Å². The van der Waals surface area contributed by atoms with Gasteiger partial charge in [-0.3, -0.25) is 4.98 Å². The zero-order valence-corrected chi connectivity index (χ0v) is 15.4. The molecule has 4 nitrogen and oxygen atoms in total. The van der Waals surface area contributed by atoms with E-state index in [9.17, 15) is 4.39 Å². The van der Waals surface area contributed by atoms with Crippen LogP contribution >= 0.6 is 12.2 Å². The van der Waals surface area contributed by atoms with Crippen LogP contribution in [0.1, 0.15) is 29.2 Å². The third-order valence-electron chi connectivity index (χ3n) is 4.92. The van der Waals surface area contributed by atoms with Gasteiger partial charge in [0.05, 0.1) is 11.7 Å². The Morgan fingerprint density at radius 3 is 2.46 bits per heavy atom. The lowest BCUT2D eigenvalue weighted by atomic mass is 10.0. The van der Waals surface area contributed by atoms with E-state index in [1.54, 1.807) is 18.3 Å². The molecule has 0 saturated carbocycles. The van der Waals surface area contributed by atoms with Gasteiger partial charge in [-0.25, -0.2) is 4.39 Å². The molecule has 0 amide bonds. The van der Waals surface area contributed by atoms with Gasteiger partial charge >= 0.3 is 0 Å². The zero-order valence-electron chi connectivity index (χ0n) is 14.6. The quantitative estimate of drug-likeness (QED) is 0.709. The predicted molar refractivity (Wildman–Crippen MR) is 104 cm³/mol. The molecule has 26 heavy (non-hydrogen) atoms. The number of nitrogens with one attached hydrogen (secondary N) is 1. The molecular weight excluding hydrogens is 347 g/mol. The first-order valence-corrected chi connectivity index (χ1v) is 8.85. The summed E-state index contributed by atoms with van der Waals surface area (Å²) in [5, 5.41) is 4.01. The Hall–Kier alpha value is -2.73. The Morgan fingerprint density at radius 2 is 1.85 bits per heavy atom. The number of benzene rings is 1. The van der Waals surface area contributed by atoms with Crippen LogP contribution in [0.2, 0.25) is 0 Å². The Morgan fingerprint density at radius 1 is 1.08 bits per heavy atom. The first kappa shape index (κ1) is 16.7. The average Bonchev–Trinajstić information content (AvgIpc) is 3.16. The third-order valence-corrected chi connectivity index (χ3v) is 5.23. The lowest BCUT2D eigenvalue weighted by Crippen LogP contribution is -2.30. The van der Waals surface area contributed by atoms with Crippen LogP contribution in [0.5, 0.6) is 0 Å². The van der Waals surface area contributed by atoms with Crippen LogP contribution in [0.25, 0.3) is 0 Å². The van der Waals surface area contributed by atoms with Crippen LogP contribution in [0.15, 0.2) is 60.8 Å². The molecule has 0 radical (unpaired) electrons. The highest BCUT2D eigenvalue weighted by Crippen LogP contribution is 2.41. The van der Waals surface area contributed by atoms with Crippen molar-refractivity contribution in [1.29, 1.82) is 0 Å². The molecule has 132 valence electrons. The first-order valence-electron chi connectivity index (χ1n) is 8.44. The lowest BCUT2D eigenvalue weighted by molar-refractivity contribution is 0.538. The summed E-state index contributed by atoms with van der Waals surface area (Å²) in [5.74, 6) is -0.264. The van der Waals surface area contributed by atoms with Gasteiger partial charge in [-0.05, 0) is 67.7 Å². The van der Waals surface area contributed by atoms with Gasteiger partial charge in [-0.15, -0.1) is 0 Å². The average molecular weight is 366 g/mol. The molecule has 0 unspecified atom stereocenters. The summed E-state index contributed by atoms with van der Waals surface area (Å²) in [7, 11) is 2.05. The largest absolute Gasteiger partial charge is 0.351 e. The maximum Gasteiger partial charge on any atom is 0.174 e. The Balaban J connectivity index is 1.85. The summed E-state index contributed by atoms with van der Waals surface area (Å²) in [6, 6.07) is 16.3. The van der Waals surface area contributed by atoms with E-state index in [0.717, 1.165) is 22.8 Å². The van der Waals surface area contributed by atoms with Gasteiger partial charge in [0, 0.05) is 30.3 Å². The SMILES string of the molecule is Cc1ccc([C@@H]2[C@H](c3ccccn3)NC(=S)N2c2ccc(F)cc2)n1C. The van der Waals surface area contributed by atoms with E-state index >= 15 is 0 Å². The normalized spacial score (nSPS) is 19.7. The number of hydrogen-bond acceptors (Lipinski definition) is 2. The van der Waals surface area contributed by atoms with Crippen LogP contribution in [0.4, 0.5) is 10.1 Å². The number of thiocarbonyl (C=S) groups is 1. The summed E-state index contributed by atoms with van der Waals surface area (Å²) in [6.07, 6.45) is 1.79. The standard InChI is InChI=1S/C20H19FN4S/c1-13-6-11-17(24(13)2)19-18(16-5-3-4-12-22-16)23-20(26)25(19)15-9-7-14(21)8-10-15/h3-12,18-19H,1-2H3,(H,23,26)/t18-,19+/m0/s1. The molecular formula is C20H19FN4S. The lowest BCUT2D eigenvalue weighted by Gasteiger charge is -2.28. The molecule has 1 aliphatic rings. The van der Waals surface area contributed by atoms with Crippen molar-refractivity contribution < 1.29 is 4.39 Å². The van der Waals surface area contributed by atoms with E-state index in [2.05, 4.69) is 33.9 Å². The molecule has 1 aliphatic heterocycles. The van der Waals surface area contributed by atoms with Crippen LogP contribution < -0.4 is 10.2 Å². The molecule has 1 fully saturated rings. The summed E-state index contributed by atoms with van der Waals surface area (Å²) in [6.45, 7) is 2.07. The number of aromatic nitrogens is 2. The van der Waals surface area contributed by atoms with Gasteiger partial charge in [0.15, 0.2) is 5.11 Å². The highest BCUT2D eigenvalue weighted by molar-refractivity contribution is 7.80. The van der Waals surface area contributed by atoms with Crippen molar-refractivity contribution in [3.63, 3.8) is 0 Å². The fourth-order valence-corrected chi connectivity index (χ4v) is 3.81. The molecule has 2 atom stereocenters. The van der Waals surface area contributed by atoms with Gasteiger partial charge in [-0.1, -0.05) is 6.07 Å². The molecule has 0 bridgehead atoms. The Kier molecular flexibility index (Phi) is 4.20. The maximum absolute atomic E-state index is 13.4. The zero-order chi connectivity index (χ0) is 18.3. The molecule has 4 rings (SSSR count). The number of hydrogen-bond donors (Lipinski definition) is 1. The predicted octanol–water partition coefficient (Wildman–Crippen LogP) is 4.04. The molecule has 2 aromatic heterocycles. The highest BCUT2D eigenvalue weighted by atomic mass is 32.1. The minimum absolute atomic E-state index is 0.0819. The number of pyridine rings is 1. The Bertz CT molecular complexity index is 936. The molecule has 6 heteroatoms. The van der Waals surface area contributed by atoms with Crippen molar-refractivity contribution in [2.24, 2.45) is 7.05 Å². The van der Waals surface area contributed by atoms with Crippen LogP contribution in [-0.2, 0) is 7.05 Å². The first-order chi connectivity index (χ1) is 12.6. The minimum Gasteiger partial charge on any atom is -0.351 e. The number of halogens is 1. The Labute approximate surface area is 157 Å². The third kappa shape index (κ3) is 2.76. The molecule has 3 aromatic rings. The second kappa shape index (κ2) is 6.53. The molecule has 1 N–H and O–H groups in total. The van der Waals surface area contributed by atoms with Crippen molar-refractivity contribution >= 4 is 23.0 Å². The summed E-state index contributed by atoms with van der Waals surface area (Å²) < 4.78 is 15.6. The van der Waals surface area contributed by atoms with E-state index in [0.29, 0.717) is 5.11 Å². The molecule has 1 aromatic carbocycles. The number of aryl methyl sites for hydroxylation is 1. The van der Waals surface area contributed by atoms with Crippen molar-refractivity contribution in [3.8, 4) is 0 Å². The van der Waals surface area contributed by atoms with Crippen LogP contribution in [0.3, 0.4) is 0 Å². The van der Waals surface area contributed by atoms with Crippen LogP contribution in [0, 0.1) is 12.7 Å². The van der Waals surface area contributed by atoms with Gasteiger partial charge < -0.3 is 14.8 Å². The van der Waals surface area contributed by atoms with Crippen molar-refractivity contribution in [3.05, 3.63) is 83.7 Å². The molecule has 0 aliphatic carbocycles. The second-order valence-electron chi connectivity index (χ2n) is 6.43. The van der Waals surface area contributed by atoms with E-state index < -0.39 is 0 Å². The van der Waals surface area contributed by atoms with Crippen molar-refractivity contribution in [1.82, 2.24) is 14.9 Å². The van der Waals surface area contributed by atoms with Gasteiger partial charge in [0.2, 0.25) is 0 Å². The summed E-state index contributed by atoms with van der Waals surface area (Å²) in [5.41, 5.74) is 4.06. The van der Waals surface area contributed by atoms with E-state index in [1.165, 1.54) is 12.1 Å². The summed E-state index contributed by atoms with van der Waals surface area (Å²) >= 11 is 5.64. The monoisotopic (exact) mass is 366 g/mol. The fraction of sp³-hybridized carbons (Fsp3) is 0.200.